The third kappa shape index (κ3) is 3.04. The Balaban J connectivity index is 2.66. The van der Waals surface area contributed by atoms with E-state index in [0.29, 0.717) is 17.9 Å². The van der Waals surface area contributed by atoms with E-state index in [2.05, 4.69) is 4.74 Å². The highest BCUT2D eigenvalue weighted by molar-refractivity contribution is 6.31. The summed E-state index contributed by atoms with van der Waals surface area (Å²) in [6.45, 7) is 2.00. The van der Waals surface area contributed by atoms with Crippen molar-refractivity contribution < 1.29 is 9.53 Å². The van der Waals surface area contributed by atoms with Gasteiger partial charge in [0, 0.05) is 11.4 Å². The van der Waals surface area contributed by atoms with Crippen LogP contribution in [0.1, 0.15) is 17.5 Å². The summed E-state index contributed by atoms with van der Waals surface area (Å²) < 4.78 is 4.56. The van der Waals surface area contributed by atoms with Crippen molar-refractivity contribution in [3.05, 3.63) is 34.3 Å². The summed E-state index contributed by atoms with van der Waals surface area (Å²) in [7, 11) is 1.39. The predicted octanol–water partition coefficient (Wildman–Crippen LogP) is 2.75. The molecule has 0 saturated heterocycles. The fourth-order valence-corrected chi connectivity index (χ4v) is 1.45. The van der Waals surface area contributed by atoms with Crippen LogP contribution in [0.4, 0.5) is 0 Å². The van der Waals surface area contributed by atoms with E-state index < -0.39 is 0 Å². The summed E-state index contributed by atoms with van der Waals surface area (Å²) >= 11 is 5.97. The van der Waals surface area contributed by atoms with Gasteiger partial charge in [0.25, 0.3) is 0 Å². The fraction of sp³-hybridized carbons (Fsp3) is 0.364. The van der Waals surface area contributed by atoms with E-state index in [4.69, 9.17) is 11.6 Å². The Hall–Kier alpha value is -1.02. The highest BCUT2D eigenvalue weighted by atomic mass is 35.5. The van der Waals surface area contributed by atoms with E-state index in [-0.39, 0.29) is 5.97 Å². The normalized spacial score (nSPS) is 9.93. The molecule has 0 aliphatic carbocycles. The van der Waals surface area contributed by atoms with Crippen molar-refractivity contribution in [1.82, 2.24) is 0 Å². The molecule has 0 bridgehead atoms. The van der Waals surface area contributed by atoms with E-state index in [9.17, 15) is 4.79 Å². The number of halogens is 1. The maximum Gasteiger partial charge on any atom is 0.305 e. The van der Waals surface area contributed by atoms with E-state index in [0.717, 1.165) is 11.1 Å². The van der Waals surface area contributed by atoms with E-state index in [1.807, 2.05) is 25.1 Å². The van der Waals surface area contributed by atoms with Gasteiger partial charge in [-0.1, -0.05) is 29.3 Å². The van der Waals surface area contributed by atoms with Gasteiger partial charge < -0.3 is 4.74 Å². The van der Waals surface area contributed by atoms with Crippen LogP contribution in [0, 0.1) is 6.92 Å². The molecule has 0 amide bonds. The summed E-state index contributed by atoms with van der Waals surface area (Å²) in [4.78, 5) is 10.9. The lowest BCUT2D eigenvalue weighted by molar-refractivity contribution is -0.140. The zero-order valence-electron chi connectivity index (χ0n) is 8.34. The topological polar surface area (TPSA) is 26.3 Å². The zero-order chi connectivity index (χ0) is 10.6. The number of hydrogen-bond donors (Lipinski definition) is 0. The second-order valence-corrected chi connectivity index (χ2v) is 3.58. The lowest BCUT2D eigenvalue weighted by Gasteiger charge is -2.04. The van der Waals surface area contributed by atoms with Gasteiger partial charge in [-0.3, -0.25) is 4.79 Å². The first-order valence-corrected chi connectivity index (χ1v) is 4.83. The van der Waals surface area contributed by atoms with Crippen LogP contribution in [0.2, 0.25) is 5.02 Å². The number of esters is 1. The summed E-state index contributed by atoms with van der Waals surface area (Å²) in [5, 5.41) is 0.708. The van der Waals surface area contributed by atoms with Crippen molar-refractivity contribution in [1.29, 1.82) is 0 Å². The van der Waals surface area contributed by atoms with E-state index >= 15 is 0 Å². The molecule has 1 aromatic carbocycles. The molecule has 0 fully saturated rings. The number of benzene rings is 1. The lowest BCUT2D eigenvalue weighted by atomic mass is 10.1. The molecule has 0 aliphatic heterocycles. The number of hydrogen-bond acceptors (Lipinski definition) is 2. The fourth-order valence-electron chi connectivity index (χ4n) is 1.23. The quantitative estimate of drug-likeness (QED) is 0.721. The molecule has 0 aromatic heterocycles. The summed E-state index contributed by atoms with van der Waals surface area (Å²) in [6.07, 6.45) is 1.01. The number of carbonyl (C=O) groups is 1. The Morgan fingerprint density at radius 1 is 1.50 bits per heavy atom. The van der Waals surface area contributed by atoms with Crippen LogP contribution in [0.25, 0.3) is 0 Å². The number of aryl methyl sites for hydroxylation is 2. The van der Waals surface area contributed by atoms with Crippen LogP contribution in [0.15, 0.2) is 18.2 Å². The molecule has 14 heavy (non-hydrogen) atoms. The third-order valence-electron chi connectivity index (χ3n) is 2.03. The summed E-state index contributed by atoms with van der Waals surface area (Å²) in [6, 6.07) is 5.79. The molecule has 1 rings (SSSR count). The molecule has 76 valence electrons. The molecule has 2 nitrogen and oxygen atoms in total. The average Bonchev–Trinajstić information content (AvgIpc) is 2.19. The Kier molecular flexibility index (Phi) is 3.96. The lowest BCUT2D eigenvalue weighted by Crippen LogP contribution is -2.02. The highest BCUT2D eigenvalue weighted by Gasteiger charge is 2.04. The van der Waals surface area contributed by atoms with Crippen molar-refractivity contribution in [2.45, 2.75) is 19.8 Å². The van der Waals surface area contributed by atoms with Crippen LogP contribution >= 0.6 is 11.6 Å². The molecule has 1 aromatic rings. The molecule has 0 radical (unpaired) electrons. The van der Waals surface area contributed by atoms with Gasteiger partial charge in [0.2, 0.25) is 0 Å². The van der Waals surface area contributed by atoms with Gasteiger partial charge >= 0.3 is 5.97 Å². The third-order valence-corrected chi connectivity index (χ3v) is 2.40. The van der Waals surface area contributed by atoms with Gasteiger partial charge in [-0.25, -0.2) is 0 Å². The van der Waals surface area contributed by atoms with Gasteiger partial charge in [-0.05, 0) is 25.0 Å². The van der Waals surface area contributed by atoms with Crippen LogP contribution in [-0.2, 0) is 16.0 Å². The monoisotopic (exact) mass is 212 g/mol. The molecule has 0 aliphatic rings. The van der Waals surface area contributed by atoms with Crippen LogP contribution < -0.4 is 0 Å². The van der Waals surface area contributed by atoms with Gasteiger partial charge in [-0.2, -0.15) is 0 Å². The first kappa shape index (κ1) is 11.1. The molecule has 0 unspecified atom stereocenters. The smallest absolute Gasteiger partial charge is 0.305 e. The first-order chi connectivity index (χ1) is 6.63. The highest BCUT2D eigenvalue weighted by Crippen LogP contribution is 2.18. The summed E-state index contributed by atoms with van der Waals surface area (Å²) in [5.74, 6) is -0.206. The van der Waals surface area contributed by atoms with E-state index in [1.165, 1.54) is 7.11 Å². The maximum absolute atomic E-state index is 10.9. The van der Waals surface area contributed by atoms with Crippen LogP contribution in [-0.4, -0.2) is 13.1 Å². The number of carbonyl (C=O) groups excluding carboxylic acids is 1. The van der Waals surface area contributed by atoms with Gasteiger partial charge in [0.15, 0.2) is 0 Å². The summed E-state index contributed by atoms with van der Waals surface area (Å²) in [5.41, 5.74) is 2.14. The largest absolute Gasteiger partial charge is 0.469 e. The Morgan fingerprint density at radius 2 is 2.21 bits per heavy atom. The van der Waals surface area contributed by atoms with Crippen molar-refractivity contribution in [2.75, 3.05) is 7.11 Å². The SMILES string of the molecule is COC(=O)CCc1cc(C)ccc1Cl. The minimum atomic E-state index is -0.206. The van der Waals surface area contributed by atoms with Gasteiger partial charge in [0.05, 0.1) is 7.11 Å². The molecule has 0 spiro atoms. The average molecular weight is 213 g/mol. The molecular weight excluding hydrogens is 200 g/mol. The minimum absolute atomic E-state index is 0.206. The molecule has 0 saturated carbocycles. The van der Waals surface area contributed by atoms with Crippen LogP contribution in [0.5, 0.6) is 0 Å². The number of methoxy groups -OCH3 is 1. The van der Waals surface area contributed by atoms with Gasteiger partial charge in [0.1, 0.15) is 0 Å². The Morgan fingerprint density at radius 3 is 2.86 bits per heavy atom. The molecule has 0 atom stereocenters. The second-order valence-electron chi connectivity index (χ2n) is 3.17. The minimum Gasteiger partial charge on any atom is -0.469 e. The number of rotatable bonds is 3. The molecular formula is C11H13ClO2. The predicted molar refractivity (Wildman–Crippen MR) is 56.5 cm³/mol. The first-order valence-electron chi connectivity index (χ1n) is 4.45. The number of ether oxygens (including phenoxy) is 1. The van der Waals surface area contributed by atoms with E-state index in [1.54, 1.807) is 0 Å². The van der Waals surface area contributed by atoms with Crippen molar-refractivity contribution >= 4 is 17.6 Å². The zero-order valence-corrected chi connectivity index (χ0v) is 9.10. The second kappa shape index (κ2) is 5.01. The Bertz CT molecular complexity index is 334. The molecule has 0 N–H and O–H groups in total. The molecule has 3 heteroatoms. The molecule has 0 heterocycles. The standard InChI is InChI=1S/C11H13ClO2/c1-8-3-5-10(12)9(7-8)4-6-11(13)14-2/h3,5,7H,4,6H2,1-2H3. The van der Waals surface area contributed by atoms with Crippen molar-refractivity contribution in [3.63, 3.8) is 0 Å². The van der Waals surface area contributed by atoms with Crippen molar-refractivity contribution in [3.8, 4) is 0 Å². The van der Waals surface area contributed by atoms with Crippen LogP contribution in [0.3, 0.4) is 0 Å². The van der Waals surface area contributed by atoms with Gasteiger partial charge in [-0.15, -0.1) is 0 Å². The van der Waals surface area contributed by atoms with Crippen molar-refractivity contribution in [2.24, 2.45) is 0 Å². The maximum atomic E-state index is 10.9. The Labute approximate surface area is 88.8 Å².